The van der Waals surface area contributed by atoms with E-state index in [4.69, 9.17) is 4.74 Å². The van der Waals surface area contributed by atoms with E-state index in [-0.39, 0.29) is 18.4 Å². The molecular formula is C22H24N2O3. The molecular weight excluding hydrogens is 340 g/mol. The summed E-state index contributed by atoms with van der Waals surface area (Å²) in [6, 6.07) is 13.6. The van der Waals surface area contributed by atoms with Gasteiger partial charge in [0, 0.05) is 12.8 Å². The highest BCUT2D eigenvalue weighted by atomic mass is 16.5. The average Bonchev–Trinajstić information content (AvgIpc) is 2.87. The number of amides is 2. The van der Waals surface area contributed by atoms with Gasteiger partial charge in [0.05, 0.1) is 18.7 Å². The van der Waals surface area contributed by atoms with Crippen LogP contribution in [0.25, 0.3) is 5.57 Å². The van der Waals surface area contributed by atoms with E-state index in [2.05, 4.69) is 5.32 Å². The molecule has 5 heteroatoms. The van der Waals surface area contributed by atoms with Gasteiger partial charge in [0.2, 0.25) is 0 Å². The van der Waals surface area contributed by atoms with Crippen LogP contribution in [0.4, 0.5) is 5.69 Å². The molecule has 0 atom stereocenters. The summed E-state index contributed by atoms with van der Waals surface area (Å²) < 4.78 is 5.06. The van der Waals surface area contributed by atoms with Gasteiger partial charge in [-0.05, 0) is 43.5 Å². The zero-order valence-electron chi connectivity index (χ0n) is 16.1. The van der Waals surface area contributed by atoms with E-state index in [1.165, 1.54) is 4.90 Å². The van der Waals surface area contributed by atoms with Crippen LogP contribution in [-0.4, -0.2) is 37.0 Å². The monoisotopic (exact) mass is 364 g/mol. The van der Waals surface area contributed by atoms with Gasteiger partial charge < -0.3 is 10.1 Å². The second kappa shape index (κ2) is 7.76. The Balaban J connectivity index is 2.07. The SMILES string of the molecule is COCCN1C(=O)C(Nc2cc(C)ccc2C)=C(c2ccc(C)cc2)C1=O. The normalized spacial score (nSPS) is 14.3. The summed E-state index contributed by atoms with van der Waals surface area (Å²) in [5.74, 6) is -0.623. The Morgan fingerprint density at radius 2 is 1.59 bits per heavy atom. The number of anilines is 1. The van der Waals surface area contributed by atoms with E-state index in [0.717, 1.165) is 27.9 Å². The smallest absolute Gasteiger partial charge is 0.278 e. The van der Waals surface area contributed by atoms with E-state index in [9.17, 15) is 9.59 Å². The van der Waals surface area contributed by atoms with Crippen molar-refractivity contribution < 1.29 is 14.3 Å². The molecule has 1 aliphatic heterocycles. The number of hydrogen-bond acceptors (Lipinski definition) is 4. The van der Waals surface area contributed by atoms with Crippen LogP contribution < -0.4 is 5.32 Å². The standard InChI is InChI=1S/C22H24N2O3/c1-14-6-9-17(10-7-14)19-20(22(26)24(21(19)25)11-12-27-4)23-18-13-15(2)5-8-16(18)3/h5-10,13,23H,11-12H2,1-4H3. The molecule has 0 spiro atoms. The van der Waals surface area contributed by atoms with Crippen LogP contribution >= 0.6 is 0 Å². The molecule has 5 nitrogen and oxygen atoms in total. The number of ether oxygens (including phenoxy) is 1. The highest BCUT2D eigenvalue weighted by Gasteiger charge is 2.39. The molecule has 140 valence electrons. The third kappa shape index (κ3) is 3.78. The molecule has 0 bridgehead atoms. The number of benzene rings is 2. The van der Waals surface area contributed by atoms with Crippen LogP contribution in [0.2, 0.25) is 0 Å². The van der Waals surface area contributed by atoms with Crippen molar-refractivity contribution in [3.63, 3.8) is 0 Å². The first-order chi connectivity index (χ1) is 12.9. The fourth-order valence-corrected chi connectivity index (χ4v) is 3.07. The van der Waals surface area contributed by atoms with Crippen molar-refractivity contribution in [2.45, 2.75) is 20.8 Å². The van der Waals surface area contributed by atoms with Crippen molar-refractivity contribution in [2.24, 2.45) is 0 Å². The molecule has 1 heterocycles. The predicted octanol–water partition coefficient (Wildman–Crippen LogP) is 3.45. The first kappa shape index (κ1) is 18.9. The van der Waals surface area contributed by atoms with Gasteiger partial charge in [0.15, 0.2) is 0 Å². The molecule has 1 N–H and O–H groups in total. The Morgan fingerprint density at radius 3 is 2.26 bits per heavy atom. The van der Waals surface area contributed by atoms with Gasteiger partial charge in [0.1, 0.15) is 5.70 Å². The summed E-state index contributed by atoms with van der Waals surface area (Å²) in [7, 11) is 1.55. The molecule has 1 aliphatic rings. The third-order valence-electron chi connectivity index (χ3n) is 4.68. The van der Waals surface area contributed by atoms with E-state index in [1.807, 2.05) is 63.2 Å². The number of carbonyl (C=O) groups is 2. The van der Waals surface area contributed by atoms with Gasteiger partial charge in [-0.25, -0.2) is 0 Å². The summed E-state index contributed by atoms with van der Waals surface area (Å²) in [6.07, 6.45) is 0. The number of rotatable bonds is 6. The van der Waals surface area contributed by atoms with Crippen molar-refractivity contribution in [2.75, 3.05) is 25.6 Å². The number of nitrogens with zero attached hydrogens (tertiary/aromatic N) is 1. The number of imide groups is 1. The van der Waals surface area contributed by atoms with Gasteiger partial charge in [-0.1, -0.05) is 42.0 Å². The minimum absolute atomic E-state index is 0.224. The molecule has 0 aliphatic carbocycles. The lowest BCUT2D eigenvalue weighted by atomic mass is 10.0. The van der Waals surface area contributed by atoms with Crippen LogP contribution in [0.3, 0.4) is 0 Å². The Kier molecular flexibility index (Phi) is 5.42. The molecule has 2 amide bonds. The van der Waals surface area contributed by atoms with Gasteiger partial charge in [0.25, 0.3) is 11.8 Å². The van der Waals surface area contributed by atoms with E-state index in [0.29, 0.717) is 17.9 Å². The Bertz CT molecular complexity index is 914. The zero-order valence-corrected chi connectivity index (χ0v) is 16.1. The van der Waals surface area contributed by atoms with Crippen LogP contribution in [-0.2, 0) is 14.3 Å². The lowest BCUT2D eigenvalue weighted by Crippen LogP contribution is -2.35. The molecule has 0 saturated carbocycles. The fraction of sp³-hybridized carbons (Fsp3) is 0.273. The van der Waals surface area contributed by atoms with Gasteiger partial charge >= 0.3 is 0 Å². The molecule has 0 aromatic heterocycles. The van der Waals surface area contributed by atoms with Crippen LogP contribution in [0, 0.1) is 20.8 Å². The predicted molar refractivity (Wildman–Crippen MR) is 106 cm³/mol. The summed E-state index contributed by atoms with van der Waals surface area (Å²) in [6.45, 7) is 6.47. The first-order valence-corrected chi connectivity index (χ1v) is 8.93. The van der Waals surface area contributed by atoms with Gasteiger partial charge in [-0.15, -0.1) is 0 Å². The molecule has 0 fully saturated rings. The lowest BCUT2D eigenvalue weighted by molar-refractivity contribution is -0.137. The van der Waals surface area contributed by atoms with Crippen LogP contribution in [0.15, 0.2) is 48.2 Å². The van der Waals surface area contributed by atoms with Crippen LogP contribution in [0.1, 0.15) is 22.3 Å². The average molecular weight is 364 g/mol. The maximum Gasteiger partial charge on any atom is 0.278 e. The minimum Gasteiger partial charge on any atom is -0.383 e. The number of nitrogens with one attached hydrogen (secondary N) is 1. The van der Waals surface area contributed by atoms with E-state index in [1.54, 1.807) is 7.11 Å². The minimum atomic E-state index is -0.325. The van der Waals surface area contributed by atoms with E-state index >= 15 is 0 Å². The topological polar surface area (TPSA) is 58.6 Å². The number of carbonyl (C=O) groups excluding carboxylic acids is 2. The lowest BCUT2D eigenvalue weighted by Gasteiger charge is -2.15. The van der Waals surface area contributed by atoms with Gasteiger partial charge in [-0.2, -0.15) is 0 Å². The second-order valence-corrected chi connectivity index (χ2v) is 6.81. The van der Waals surface area contributed by atoms with Crippen molar-refractivity contribution in [3.05, 3.63) is 70.4 Å². The quantitative estimate of drug-likeness (QED) is 0.798. The van der Waals surface area contributed by atoms with Crippen LogP contribution in [0.5, 0.6) is 0 Å². The molecule has 3 rings (SSSR count). The number of methoxy groups -OCH3 is 1. The van der Waals surface area contributed by atoms with Crippen molar-refractivity contribution in [1.29, 1.82) is 0 Å². The summed E-state index contributed by atoms with van der Waals surface area (Å²) in [5, 5.41) is 3.23. The van der Waals surface area contributed by atoms with Crippen molar-refractivity contribution in [1.82, 2.24) is 4.90 Å². The molecule has 27 heavy (non-hydrogen) atoms. The molecule has 0 saturated heterocycles. The maximum atomic E-state index is 13.0. The molecule has 2 aromatic carbocycles. The molecule has 0 unspecified atom stereocenters. The molecule has 2 aromatic rings. The highest BCUT2D eigenvalue weighted by Crippen LogP contribution is 2.31. The Hall–Kier alpha value is -2.92. The maximum absolute atomic E-state index is 13.0. The summed E-state index contributed by atoms with van der Waals surface area (Å²) >= 11 is 0. The second-order valence-electron chi connectivity index (χ2n) is 6.81. The fourth-order valence-electron chi connectivity index (χ4n) is 3.07. The Labute approximate surface area is 159 Å². The highest BCUT2D eigenvalue weighted by molar-refractivity contribution is 6.36. The number of hydrogen-bond donors (Lipinski definition) is 1. The van der Waals surface area contributed by atoms with Gasteiger partial charge in [-0.3, -0.25) is 14.5 Å². The van der Waals surface area contributed by atoms with E-state index < -0.39 is 0 Å². The summed E-state index contributed by atoms with van der Waals surface area (Å²) in [5.41, 5.74) is 5.44. The molecule has 0 radical (unpaired) electrons. The zero-order chi connectivity index (χ0) is 19.6. The van der Waals surface area contributed by atoms with Crippen molar-refractivity contribution >= 4 is 23.1 Å². The first-order valence-electron chi connectivity index (χ1n) is 8.93. The van der Waals surface area contributed by atoms with Crippen molar-refractivity contribution in [3.8, 4) is 0 Å². The number of aryl methyl sites for hydroxylation is 3. The summed E-state index contributed by atoms with van der Waals surface area (Å²) in [4.78, 5) is 27.3. The largest absolute Gasteiger partial charge is 0.383 e. The Morgan fingerprint density at radius 1 is 0.926 bits per heavy atom. The third-order valence-corrected chi connectivity index (χ3v) is 4.68.